The first kappa shape index (κ1) is 23.7. The number of carbonyl (C=O) groups is 4. The Bertz CT molecular complexity index is 961. The normalized spacial score (nSPS) is 20.4. The lowest BCUT2D eigenvalue weighted by Crippen LogP contribution is -2.71. The Morgan fingerprint density at radius 1 is 1.41 bits per heavy atom. The Labute approximate surface area is 191 Å². The van der Waals surface area contributed by atoms with Gasteiger partial charge in [0.25, 0.3) is 11.8 Å². The van der Waals surface area contributed by atoms with Crippen molar-refractivity contribution in [3.05, 3.63) is 27.9 Å². The standard InChI is InChI=1S/C19H22N4O7S2/c1-3-4-5-30-22-13(12-8-31-9-20-12)16(25)21-14-17(26)23-15(19(27)28)11(6-29-10(2)24)7-32-18(14)23/h8-9,14,18H,3-7H2,1-2H3,(H,21,25)(H,27,28)/t14-,18-/m1/s1. The van der Waals surface area contributed by atoms with Crippen LogP contribution in [-0.4, -0.2) is 74.8 Å². The minimum atomic E-state index is -1.30. The van der Waals surface area contributed by atoms with Gasteiger partial charge in [-0.05, 0) is 6.42 Å². The zero-order chi connectivity index (χ0) is 23.3. The van der Waals surface area contributed by atoms with E-state index in [4.69, 9.17) is 9.57 Å². The van der Waals surface area contributed by atoms with Gasteiger partial charge < -0.3 is 20.0 Å². The van der Waals surface area contributed by atoms with Crippen molar-refractivity contribution in [2.24, 2.45) is 5.16 Å². The first-order valence-corrected chi connectivity index (χ1v) is 11.8. The van der Waals surface area contributed by atoms with Crippen LogP contribution in [0.25, 0.3) is 0 Å². The lowest BCUT2D eigenvalue weighted by atomic mass is 10.0. The molecule has 2 aliphatic rings. The third-order valence-corrected chi connectivity index (χ3v) is 6.55. The predicted octanol–water partition coefficient (Wildman–Crippen LogP) is 0.966. The molecule has 0 radical (unpaired) electrons. The van der Waals surface area contributed by atoms with Crippen molar-refractivity contribution in [2.45, 2.75) is 38.1 Å². The van der Waals surface area contributed by atoms with Gasteiger partial charge in [-0.25, -0.2) is 9.78 Å². The second-order valence-corrected chi connectivity index (χ2v) is 8.72. The number of ether oxygens (including phenoxy) is 1. The Kier molecular flexibility index (Phi) is 7.85. The van der Waals surface area contributed by atoms with E-state index < -0.39 is 35.2 Å². The van der Waals surface area contributed by atoms with Crippen LogP contribution in [0.2, 0.25) is 0 Å². The highest BCUT2D eigenvalue weighted by molar-refractivity contribution is 8.00. The Morgan fingerprint density at radius 2 is 2.19 bits per heavy atom. The number of carbonyl (C=O) groups excluding carboxylic acids is 3. The quantitative estimate of drug-likeness (QED) is 0.164. The topological polar surface area (TPSA) is 147 Å². The molecule has 3 heterocycles. The van der Waals surface area contributed by atoms with E-state index >= 15 is 0 Å². The van der Waals surface area contributed by atoms with Gasteiger partial charge in [0.15, 0.2) is 5.71 Å². The van der Waals surface area contributed by atoms with Gasteiger partial charge >= 0.3 is 11.9 Å². The highest BCUT2D eigenvalue weighted by atomic mass is 32.2. The summed E-state index contributed by atoms with van der Waals surface area (Å²) in [6, 6.07) is -0.934. The van der Waals surface area contributed by atoms with Crippen LogP contribution in [-0.2, 0) is 28.8 Å². The summed E-state index contributed by atoms with van der Waals surface area (Å²) in [4.78, 5) is 58.9. The smallest absolute Gasteiger partial charge is 0.352 e. The second-order valence-electron chi connectivity index (χ2n) is 6.90. The second kappa shape index (κ2) is 10.6. The summed E-state index contributed by atoms with van der Waals surface area (Å²) >= 11 is 2.56. The van der Waals surface area contributed by atoms with Gasteiger partial charge in [0.1, 0.15) is 36.0 Å². The molecule has 11 nitrogen and oxygen atoms in total. The van der Waals surface area contributed by atoms with E-state index in [0.717, 1.165) is 17.7 Å². The number of amides is 2. The lowest BCUT2D eigenvalue weighted by Gasteiger charge is -2.49. The zero-order valence-corrected chi connectivity index (χ0v) is 19.0. The molecule has 2 amide bonds. The van der Waals surface area contributed by atoms with Gasteiger partial charge in [-0.1, -0.05) is 18.5 Å². The summed E-state index contributed by atoms with van der Waals surface area (Å²) in [6.45, 7) is 3.33. The van der Waals surface area contributed by atoms with Crippen molar-refractivity contribution >= 4 is 52.6 Å². The summed E-state index contributed by atoms with van der Waals surface area (Å²) in [6.07, 6.45) is 1.67. The summed E-state index contributed by atoms with van der Waals surface area (Å²) in [5, 5.41) is 17.2. The number of thiazole rings is 1. The molecule has 2 atom stereocenters. The number of esters is 1. The molecule has 1 fully saturated rings. The number of carboxylic acids is 1. The van der Waals surface area contributed by atoms with E-state index in [0.29, 0.717) is 17.9 Å². The third-order valence-electron chi connectivity index (χ3n) is 4.62. The number of hydrogen-bond acceptors (Lipinski definition) is 10. The molecule has 0 aliphatic carbocycles. The van der Waals surface area contributed by atoms with Crippen molar-refractivity contribution in [2.75, 3.05) is 19.0 Å². The molecule has 32 heavy (non-hydrogen) atoms. The summed E-state index contributed by atoms with van der Waals surface area (Å²) in [5.74, 6) is -2.83. The number of aromatic nitrogens is 1. The minimum absolute atomic E-state index is 0.0565. The molecular weight excluding hydrogens is 460 g/mol. The van der Waals surface area contributed by atoms with E-state index in [-0.39, 0.29) is 23.8 Å². The molecule has 0 unspecified atom stereocenters. The molecule has 0 aromatic carbocycles. The summed E-state index contributed by atoms with van der Waals surface area (Å²) in [5.41, 5.74) is 1.91. The molecule has 0 spiro atoms. The Hall–Kier alpha value is -2.93. The SMILES string of the molecule is CCCCON=C(C(=O)N[C@@H]1C(=O)N2C(C(=O)O)=C(COC(C)=O)CS[C@H]12)c1cscn1. The van der Waals surface area contributed by atoms with Crippen LogP contribution in [0.3, 0.4) is 0 Å². The number of carboxylic acid groups (broad SMARTS) is 1. The average molecular weight is 483 g/mol. The van der Waals surface area contributed by atoms with E-state index in [2.05, 4.69) is 15.5 Å². The summed E-state index contributed by atoms with van der Waals surface area (Å²) < 4.78 is 4.91. The number of aliphatic carboxylic acids is 1. The first-order valence-electron chi connectivity index (χ1n) is 9.77. The van der Waals surface area contributed by atoms with Crippen LogP contribution in [0.15, 0.2) is 27.3 Å². The van der Waals surface area contributed by atoms with Crippen LogP contribution in [0, 0.1) is 0 Å². The maximum Gasteiger partial charge on any atom is 0.352 e. The number of nitrogens with one attached hydrogen (secondary N) is 1. The van der Waals surface area contributed by atoms with Gasteiger partial charge in [0.05, 0.1) is 5.51 Å². The van der Waals surface area contributed by atoms with Crippen LogP contribution < -0.4 is 5.32 Å². The van der Waals surface area contributed by atoms with Gasteiger partial charge in [-0.3, -0.25) is 19.3 Å². The fourth-order valence-corrected chi connectivity index (χ4v) is 4.91. The molecule has 0 bridgehead atoms. The Morgan fingerprint density at radius 3 is 2.81 bits per heavy atom. The number of rotatable bonds is 10. The molecule has 0 saturated carbocycles. The maximum atomic E-state index is 12.9. The van der Waals surface area contributed by atoms with Gasteiger partial charge in [-0.15, -0.1) is 23.1 Å². The minimum Gasteiger partial charge on any atom is -0.477 e. The van der Waals surface area contributed by atoms with Crippen LogP contribution in [0.1, 0.15) is 32.4 Å². The van der Waals surface area contributed by atoms with Crippen molar-refractivity contribution in [3.8, 4) is 0 Å². The monoisotopic (exact) mass is 482 g/mol. The number of thioether (sulfide) groups is 1. The Balaban J connectivity index is 1.74. The number of nitrogens with zero attached hydrogens (tertiary/aromatic N) is 3. The molecular formula is C19H22N4O7S2. The average Bonchev–Trinajstić information content (AvgIpc) is 3.29. The van der Waals surface area contributed by atoms with Crippen LogP contribution >= 0.6 is 23.1 Å². The molecule has 3 rings (SSSR count). The van der Waals surface area contributed by atoms with Crippen molar-refractivity contribution in [1.29, 1.82) is 0 Å². The largest absolute Gasteiger partial charge is 0.477 e. The van der Waals surface area contributed by atoms with Crippen LogP contribution in [0.4, 0.5) is 0 Å². The lowest BCUT2D eigenvalue weighted by molar-refractivity contribution is -0.150. The number of β-lactam (4-membered cyclic amide) rings is 1. The third kappa shape index (κ3) is 5.10. The molecule has 2 N–H and O–H groups in total. The predicted molar refractivity (Wildman–Crippen MR) is 116 cm³/mol. The zero-order valence-electron chi connectivity index (χ0n) is 17.4. The molecule has 2 aliphatic heterocycles. The highest BCUT2D eigenvalue weighted by Gasteiger charge is 2.54. The fraction of sp³-hybridized carbons (Fsp3) is 0.474. The van der Waals surface area contributed by atoms with Crippen molar-refractivity contribution in [3.63, 3.8) is 0 Å². The molecule has 172 valence electrons. The van der Waals surface area contributed by atoms with Gasteiger partial charge in [0, 0.05) is 23.6 Å². The van der Waals surface area contributed by atoms with E-state index in [1.54, 1.807) is 10.9 Å². The maximum absolute atomic E-state index is 12.9. The van der Waals surface area contributed by atoms with Crippen molar-refractivity contribution in [1.82, 2.24) is 15.2 Å². The molecule has 1 saturated heterocycles. The fourth-order valence-electron chi connectivity index (χ4n) is 3.05. The molecule has 13 heteroatoms. The number of fused-ring (bicyclic) bond motifs is 1. The number of unbranched alkanes of at least 4 members (excludes halogenated alkanes) is 1. The number of oxime groups is 1. The van der Waals surface area contributed by atoms with E-state index in [1.165, 1.54) is 30.0 Å². The van der Waals surface area contributed by atoms with Crippen molar-refractivity contribution < 1.29 is 33.9 Å². The number of hydrogen-bond donors (Lipinski definition) is 2. The molecule has 1 aromatic rings. The van der Waals surface area contributed by atoms with Crippen LogP contribution in [0.5, 0.6) is 0 Å². The van der Waals surface area contributed by atoms with Gasteiger partial charge in [-0.2, -0.15) is 0 Å². The summed E-state index contributed by atoms with van der Waals surface area (Å²) in [7, 11) is 0. The highest BCUT2D eigenvalue weighted by Crippen LogP contribution is 2.40. The van der Waals surface area contributed by atoms with E-state index in [9.17, 15) is 24.3 Å². The van der Waals surface area contributed by atoms with E-state index in [1.807, 2.05) is 6.92 Å². The molecule has 1 aromatic heterocycles. The van der Waals surface area contributed by atoms with Gasteiger partial charge in [0.2, 0.25) is 0 Å². The first-order chi connectivity index (χ1) is 15.3.